The van der Waals surface area contributed by atoms with Crippen LogP contribution in [0.1, 0.15) is 33.1 Å². The minimum absolute atomic E-state index is 0.0586. The number of aliphatic carboxylic acids is 1. The van der Waals surface area contributed by atoms with Crippen LogP contribution in [0.3, 0.4) is 0 Å². The molecule has 6 heteroatoms. The molecule has 0 amide bonds. The van der Waals surface area contributed by atoms with Crippen molar-refractivity contribution in [2.24, 2.45) is 5.41 Å². The van der Waals surface area contributed by atoms with Gasteiger partial charge in [-0.1, -0.05) is 0 Å². The van der Waals surface area contributed by atoms with Gasteiger partial charge < -0.3 is 9.84 Å². The molecule has 1 heterocycles. The Morgan fingerprint density at radius 1 is 1.35 bits per heavy atom. The van der Waals surface area contributed by atoms with Crippen LogP contribution in [-0.4, -0.2) is 43.7 Å². The van der Waals surface area contributed by atoms with Crippen LogP contribution in [0.25, 0.3) is 0 Å². The molecule has 1 saturated heterocycles. The smallest absolute Gasteiger partial charge is 0.309 e. The second kappa shape index (κ2) is 5.35. The fourth-order valence-electron chi connectivity index (χ4n) is 1.91. The summed E-state index contributed by atoms with van der Waals surface area (Å²) < 4.78 is 28.6. The van der Waals surface area contributed by atoms with E-state index in [0.717, 1.165) is 0 Å². The Balaban J connectivity index is 2.72. The van der Waals surface area contributed by atoms with E-state index < -0.39 is 26.5 Å². The highest BCUT2D eigenvalue weighted by Crippen LogP contribution is 2.35. The summed E-state index contributed by atoms with van der Waals surface area (Å²) >= 11 is 0. The Bertz CT molecular complexity index is 365. The van der Waals surface area contributed by atoms with E-state index in [9.17, 15) is 18.3 Å². The van der Waals surface area contributed by atoms with Gasteiger partial charge in [-0.2, -0.15) is 0 Å². The van der Waals surface area contributed by atoms with Crippen LogP contribution in [0.5, 0.6) is 0 Å². The van der Waals surface area contributed by atoms with Gasteiger partial charge >= 0.3 is 5.97 Å². The Morgan fingerprint density at radius 3 is 2.29 bits per heavy atom. The molecule has 1 aliphatic heterocycles. The second-order valence-electron chi connectivity index (χ2n) is 4.86. The third kappa shape index (κ3) is 3.42. The van der Waals surface area contributed by atoms with E-state index in [0.29, 0.717) is 26.1 Å². The zero-order chi connectivity index (χ0) is 13.1. The van der Waals surface area contributed by atoms with Crippen molar-refractivity contribution in [1.82, 2.24) is 0 Å². The molecule has 0 aromatic carbocycles. The number of carboxylic acid groups (broad SMARTS) is 1. The fraction of sp³-hybridized carbons (Fsp3) is 0.909. The van der Waals surface area contributed by atoms with E-state index >= 15 is 0 Å². The first-order valence-corrected chi connectivity index (χ1v) is 7.54. The van der Waals surface area contributed by atoms with Gasteiger partial charge in [0.05, 0.1) is 16.4 Å². The average molecular weight is 264 g/mol. The SMILES string of the molecule is CC(C)S(=O)(=O)CCC1(C(=O)O)CCOCC1. The van der Waals surface area contributed by atoms with Crippen molar-refractivity contribution in [2.45, 2.75) is 38.4 Å². The zero-order valence-electron chi connectivity index (χ0n) is 10.3. The highest BCUT2D eigenvalue weighted by molar-refractivity contribution is 7.91. The van der Waals surface area contributed by atoms with Crippen molar-refractivity contribution in [3.8, 4) is 0 Å². The minimum atomic E-state index is -3.17. The molecule has 0 atom stereocenters. The Labute approximate surface area is 102 Å². The van der Waals surface area contributed by atoms with Crippen molar-refractivity contribution >= 4 is 15.8 Å². The van der Waals surface area contributed by atoms with Crippen LogP contribution in [0.4, 0.5) is 0 Å². The summed E-state index contributed by atoms with van der Waals surface area (Å²) in [4.78, 5) is 11.3. The Kier molecular flexibility index (Phi) is 4.55. The zero-order valence-corrected chi connectivity index (χ0v) is 11.1. The lowest BCUT2D eigenvalue weighted by molar-refractivity contribution is -0.155. The van der Waals surface area contributed by atoms with Gasteiger partial charge in [0.1, 0.15) is 0 Å². The van der Waals surface area contributed by atoms with Gasteiger partial charge in [0.15, 0.2) is 9.84 Å². The number of carbonyl (C=O) groups is 1. The Hall–Kier alpha value is -0.620. The van der Waals surface area contributed by atoms with Gasteiger partial charge in [0.2, 0.25) is 0 Å². The molecule has 0 aliphatic carbocycles. The molecule has 5 nitrogen and oxygen atoms in total. The first-order valence-electron chi connectivity index (χ1n) is 5.83. The normalized spacial score (nSPS) is 20.4. The molecule has 0 aromatic rings. The maximum Gasteiger partial charge on any atom is 0.309 e. The van der Waals surface area contributed by atoms with Gasteiger partial charge in [-0.3, -0.25) is 4.79 Å². The maximum absolute atomic E-state index is 11.7. The van der Waals surface area contributed by atoms with Gasteiger partial charge in [0.25, 0.3) is 0 Å². The van der Waals surface area contributed by atoms with Crippen molar-refractivity contribution in [1.29, 1.82) is 0 Å². The second-order valence-corrected chi connectivity index (χ2v) is 7.54. The summed E-state index contributed by atoms with van der Waals surface area (Å²) in [5.41, 5.74) is -0.916. The number of sulfone groups is 1. The number of hydrogen-bond donors (Lipinski definition) is 1. The number of hydrogen-bond acceptors (Lipinski definition) is 4. The molecule has 100 valence electrons. The van der Waals surface area contributed by atoms with Gasteiger partial charge in [-0.15, -0.1) is 0 Å². The summed E-state index contributed by atoms with van der Waals surface area (Å²) in [5, 5.41) is 8.82. The Morgan fingerprint density at radius 2 is 1.88 bits per heavy atom. The quantitative estimate of drug-likeness (QED) is 0.803. The van der Waals surface area contributed by atoms with E-state index in [1.165, 1.54) is 0 Å². The summed E-state index contributed by atoms with van der Waals surface area (Å²) in [6.45, 7) is 4.03. The number of carboxylic acids is 1. The minimum Gasteiger partial charge on any atom is -0.481 e. The van der Waals surface area contributed by atoms with Crippen molar-refractivity contribution in [3.05, 3.63) is 0 Å². The monoisotopic (exact) mass is 264 g/mol. The van der Waals surface area contributed by atoms with Crippen molar-refractivity contribution < 1.29 is 23.1 Å². The highest BCUT2D eigenvalue weighted by atomic mass is 32.2. The van der Waals surface area contributed by atoms with Gasteiger partial charge in [0, 0.05) is 13.2 Å². The summed E-state index contributed by atoms with van der Waals surface area (Å²) in [7, 11) is -3.17. The third-order valence-corrected chi connectivity index (χ3v) is 5.70. The molecule has 0 bridgehead atoms. The lowest BCUT2D eigenvalue weighted by Crippen LogP contribution is -2.39. The third-order valence-electron chi connectivity index (χ3n) is 3.49. The molecule has 1 fully saturated rings. The van der Waals surface area contributed by atoms with E-state index in [-0.39, 0.29) is 12.2 Å². The summed E-state index contributed by atoms with van der Waals surface area (Å²) in [5.74, 6) is -0.962. The maximum atomic E-state index is 11.7. The molecule has 1 N–H and O–H groups in total. The average Bonchev–Trinajstić information content (AvgIpc) is 2.27. The number of ether oxygens (including phenoxy) is 1. The molecule has 0 spiro atoms. The van der Waals surface area contributed by atoms with Crippen molar-refractivity contribution in [3.63, 3.8) is 0 Å². The lowest BCUT2D eigenvalue weighted by Gasteiger charge is -2.33. The first kappa shape index (κ1) is 14.4. The molecular weight excluding hydrogens is 244 g/mol. The summed E-state index contributed by atoms with van der Waals surface area (Å²) in [6.07, 6.45) is 0.984. The van der Waals surface area contributed by atoms with Crippen molar-refractivity contribution in [2.75, 3.05) is 19.0 Å². The molecule has 0 aromatic heterocycles. The van der Waals surface area contributed by atoms with E-state index in [2.05, 4.69) is 0 Å². The van der Waals surface area contributed by atoms with Crippen LogP contribution in [0.15, 0.2) is 0 Å². The molecule has 1 rings (SSSR count). The first-order chi connectivity index (χ1) is 7.80. The summed E-state index contributed by atoms with van der Waals surface area (Å²) in [6, 6.07) is 0. The van der Waals surface area contributed by atoms with E-state index in [4.69, 9.17) is 4.74 Å². The van der Waals surface area contributed by atoms with Gasteiger partial charge in [-0.05, 0) is 33.1 Å². The molecular formula is C11H20O5S. The lowest BCUT2D eigenvalue weighted by atomic mass is 9.78. The van der Waals surface area contributed by atoms with Crippen LogP contribution in [0.2, 0.25) is 0 Å². The number of rotatable bonds is 5. The van der Waals surface area contributed by atoms with Crippen LogP contribution < -0.4 is 0 Å². The van der Waals surface area contributed by atoms with Crippen LogP contribution in [-0.2, 0) is 19.4 Å². The largest absolute Gasteiger partial charge is 0.481 e. The molecule has 17 heavy (non-hydrogen) atoms. The molecule has 0 unspecified atom stereocenters. The predicted octanol–water partition coefficient (Wildman–Crippen LogP) is 1.08. The molecule has 1 aliphatic rings. The van der Waals surface area contributed by atoms with E-state index in [1.54, 1.807) is 13.8 Å². The highest BCUT2D eigenvalue weighted by Gasteiger charge is 2.41. The van der Waals surface area contributed by atoms with Crippen LogP contribution >= 0.6 is 0 Å². The topological polar surface area (TPSA) is 80.7 Å². The predicted molar refractivity (Wildman–Crippen MR) is 63.7 cm³/mol. The fourth-order valence-corrected chi connectivity index (χ4v) is 3.05. The molecule has 0 saturated carbocycles. The van der Waals surface area contributed by atoms with E-state index in [1.807, 2.05) is 0 Å². The van der Waals surface area contributed by atoms with Crippen LogP contribution in [0, 0.1) is 5.41 Å². The standard InChI is InChI=1S/C11H20O5S/c1-9(2)17(14,15)8-5-11(10(12)13)3-6-16-7-4-11/h9H,3-8H2,1-2H3,(H,12,13). The molecule has 0 radical (unpaired) electrons. The van der Waals surface area contributed by atoms with Gasteiger partial charge in [-0.25, -0.2) is 8.42 Å².